The molecule has 1 aromatic rings. The van der Waals surface area contributed by atoms with Crippen molar-refractivity contribution in [2.75, 3.05) is 59.0 Å². The van der Waals surface area contributed by atoms with Gasteiger partial charge >= 0.3 is 11.9 Å². The van der Waals surface area contributed by atoms with Crippen molar-refractivity contribution in [3.8, 4) is 5.75 Å². The van der Waals surface area contributed by atoms with Crippen LogP contribution in [0.1, 0.15) is 141 Å². The second-order valence-electron chi connectivity index (χ2n) is 18.8. The molecular weight excluding hydrogens is 983 g/mol. The second-order valence-corrected chi connectivity index (χ2v) is 18.8. The van der Waals surface area contributed by atoms with E-state index in [0.29, 0.717) is 98.9 Å². The lowest BCUT2D eigenvalue weighted by atomic mass is 10.0. The molecule has 1 aliphatic heterocycles. The van der Waals surface area contributed by atoms with Gasteiger partial charge in [0.2, 0.25) is 29.5 Å². The lowest BCUT2D eigenvalue weighted by molar-refractivity contribution is -0.166. The molecule has 2 rings (SSSR count). The number of nitrogens with one attached hydrogen (secondary N) is 3. The van der Waals surface area contributed by atoms with Gasteiger partial charge in [-0.3, -0.25) is 63.7 Å². The zero-order valence-corrected chi connectivity index (χ0v) is 43.7. The summed E-state index contributed by atoms with van der Waals surface area (Å²) in [4.78, 5) is 137. The van der Waals surface area contributed by atoms with Gasteiger partial charge in [-0.25, -0.2) is 24.8 Å². The number of nitrogens with zero attached hydrogens (tertiary/aromatic N) is 5. The maximum Gasteiger partial charge on any atom is 0.333 e. The van der Waals surface area contributed by atoms with Crippen molar-refractivity contribution in [2.45, 2.75) is 142 Å². The fraction of sp³-hybridized carbons (Fsp3) is 0.620. The molecule has 0 radical (unpaired) electrons. The van der Waals surface area contributed by atoms with E-state index in [-0.39, 0.29) is 94.6 Å². The number of benzene rings is 1. The third kappa shape index (κ3) is 26.8. The average Bonchev–Trinajstić information content (AvgIpc) is 3.69. The molecule has 418 valence electrons. The largest absolute Gasteiger partial charge is 0.484 e. The molecule has 0 aliphatic carbocycles. The highest BCUT2D eigenvalue weighted by atomic mass is 16.6. The van der Waals surface area contributed by atoms with E-state index < -0.39 is 71.4 Å². The van der Waals surface area contributed by atoms with Crippen molar-refractivity contribution in [3.05, 3.63) is 42.0 Å². The number of nitrogens with two attached hydrogens (primary N) is 1. The minimum Gasteiger partial charge on any atom is -0.484 e. The summed E-state index contributed by atoms with van der Waals surface area (Å²) in [5.74, 6) is -5.99. The Kier molecular flexibility index (Phi) is 29.7. The first-order valence-electron chi connectivity index (χ1n) is 25.3. The van der Waals surface area contributed by atoms with Gasteiger partial charge in [-0.1, -0.05) is 6.07 Å². The van der Waals surface area contributed by atoms with E-state index in [1.807, 2.05) is 0 Å². The van der Waals surface area contributed by atoms with Gasteiger partial charge in [0.05, 0.1) is 0 Å². The number of esters is 2. The Balaban J connectivity index is 1.56. The van der Waals surface area contributed by atoms with E-state index in [1.54, 1.807) is 32.9 Å². The predicted molar refractivity (Wildman–Crippen MR) is 267 cm³/mol. The summed E-state index contributed by atoms with van der Waals surface area (Å²) in [6.45, 7) is 6.81. The molecule has 1 heterocycles. The Bertz CT molecular complexity index is 2110. The van der Waals surface area contributed by atoms with E-state index in [1.165, 1.54) is 36.1 Å². The molecule has 0 saturated carbocycles. The van der Waals surface area contributed by atoms with Crippen LogP contribution in [0.2, 0.25) is 0 Å². The number of amides is 9. The highest BCUT2D eigenvalue weighted by molar-refractivity contribution is 6.12. The van der Waals surface area contributed by atoms with Crippen LogP contribution < -0.4 is 26.4 Å². The maximum atomic E-state index is 13.6. The summed E-state index contributed by atoms with van der Waals surface area (Å²) in [6.07, 6.45) is 7.65. The van der Waals surface area contributed by atoms with Gasteiger partial charge in [0.1, 0.15) is 18.3 Å². The summed E-state index contributed by atoms with van der Waals surface area (Å²) >= 11 is 0. The average molecular weight is 1060 g/mol. The minimum absolute atomic E-state index is 0.0234. The van der Waals surface area contributed by atoms with Crippen LogP contribution in [0.25, 0.3) is 0 Å². The van der Waals surface area contributed by atoms with Gasteiger partial charge in [-0.15, -0.1) is 0 Å². The van der Waals surface area contributed by atoms with Crippen LogP contribution in [0.15, 0.2) is 36.4 Å². The standard InChI is InChI=1S/C50H77N9O16/c1-36(60)57(71)30-12-5-9-26-52-40(61)20-22-45(66)58(72)31-13-6-10-27-53-41(62)21-23-46(67)59(73)32-14-7-11-28-54-42(63)35-74-38-18-16-17-37(33-38)48(69)56(50(2,3)4)34-47(68)75-49(70)39(51)19-8-15-29-55-43(64)24-25-44(55)65/h16-18,24-25,33,39,71-73H,5-15,19-23,26-32,34-35,51H2,1-4H3,(H,52,61)(H,53,62)(H,54,63)/t39-/m0/s1. The van der Waals surface area contributed by atoms with Gasteiger partial charge in [-0.2, -0.15) is 0 Å². The molecule has 25 heteroatoms. The van der Waals surface area contributed by atoms with Crippen LogP contribution in [0, 0.1) is 0 Å². The van der Waals surface area contributed by atoms with E-state index in [2.05, 4.69) is 16.0 Å². The molecule has 0 saturated heterocycles. The molecule has 0 bridgehead atoms. The Morgan fingerprint density at radius 2 is 1.15 bits per heavy atom. The Morgan fingerprint density at radius 3 is 1.64 bits per heavy atom. The molecule has 0 unspecified atom stereocenters. The molecule has 0 aromatic heterocycles. The summed E-state index contributed by atoms with van der Waals surface area (Å²) in [5.41, 5.74) is 5.16. The normalized spacial score (nSPS) is 12.4. The topological polar surface area (TPSA) is 345 Å². The fourth-order valence-electron chi connectivity index (χ4n) is 7.10. The first kappa shape index (κ1) is 64.3. The number of rotatable bonds is 36. The molecule has 0 fully saturated rings. The first-order valence-corrected chi connectivity index (χ1v) is 25.3. The number of imide groups is 1. The number of hydroxylamine groups is 6. The highest BCUT2D eigenvalue weighted by Gasteiger charge is 2.32. The summed E-state index contributed by atoms with van der Waals surface area (Å²) in [7, 11) is 0. The number of hydrogen-bond acceptors (Lipinski definition) is 17. The predicted octanol–water partition coefficient (Wildman–Crippen LogP) is 1.89. The lowest BCUT2D eigenvalue weighted by Gasteiger charge is -2.35. The molecule has 75 heavy (non-hydrogen) atoms. The minimum atomic E-state index is -1.15. The van der Waals surface area contributed by atoms with Gasteiger partial charge in [0, 0.05) is 102 Å². The smallest absolute Gasteiger partial charge is 0.333 e. The van der Waals surface area contributed by atoms with Crippen LogP contribution in [-0.4, -0.2) is 176 Å². The fourth-order valence-corrected chi connectivity index (χ4v) is 7.10. The van der Waals surface area contributed by atoms with Gasteiger partial charge in [0.15, 0.2) is 6.61 Å². The number of carbonyl (C=O) groups excluding carboxylic acids is 11. The Hall–Kier alpha value is -6.83. The highest BCUT2D eigenvalue weighted by Crippen LogP contribution is 2.21. The Morgan fingerprint density at radius 1 is 0.653 bits per heavy atom. The molecule has 1 aliphatic rings. The van der Waals surface area contributed by atoms with E-state index in [9.17, 15) is 68.4 Å². The van der Waals surface area contributed by atoms with Crippen molar-refractivity contribution in [1.82, 2.24) is 40.9 Å². The van der Waals surface area contributed by atoms with Crippen LogP contribution in [0.4, 0.5) is 0 Å². The number of unbranched alkanes of at least 4 members (excludes halogenated alkanes) is 7. The molecule has 8 N–H and O–H groups in total. The molecule has 25 nitrogen and oxygen atoms in total. The van der Waals surface area contributed by atoms with Crippen molar-refractivity contribution in [2.24, 2.45) is 5.73 Å². The molecule has 1 atom stereocenters. The van der Waals surface area contributed by atoms with Crippen molar-refractivity contribution < 1.29 is 77.8 Å². The third-order valence-corrected chi connectivity index (χ3v) is 11.5. The number of ether oxygens (including phenoxy) is 2. The van der Waals surface area contributed by atoms with Crippen LogP contribution in [-0.2, 0) is 52.7 Å². The van der Waals surface area contributed by atoms with E-state index in [0.717, 1.165) is 4.90 Å². The quantitative estimate of drug-likeness (QED) is 0.0126. The van der Waals surface area contributed by atoms with Gasteiger partial charge in [-0.05, 0) is 116 Å². The lowest BCUT2D eigenvalue weighted by Crippen LogP contribution is -2.49. The van der Waals surface area contributed by atoms with E-state index >= 15 is 0 Å². The summed E-state index contributed by atoms with van der Waals surface area (Å²) in [5, 5.41) is 39.3. The Labute approximate surface area is 437 Å². The molecule has 0 spiro atoms. The first-order chi connectivity index (χ1) is 35.5. The molecule has 1 aromatic carbocycles. The summed E-state index contributed by atoms with van der Waals surface area (Å²) in [6, 6.07) is 4.85. The monoisotopic (exact) mass is 1060 g/mol. The van der Waals surface area contributed by atoms with Crippen molar-refractivity contribution in [1.29, 1.82) is 0 Å². The zero-order chi connectivity index (χ0) is 55.9. The van der Waals surface area contributed by atoms with Gasteiger partial charge in [0.25, 0.3) is 23.6 Å². The molecule has 9 amide bonds. The van der Waals surface area contributed by atoms with Crippen LogP contribution in [0.5, 0.6) is 5.75 Å². The SMILES string of the molecule is CC(=O)N(O)CCCCCNC(=O)CCC(=O)N(O)CCCCCNC(=O)CCC(=O)N(O)CCCCCNC(=O)COc1cccc(C(=O)N(CC(=O)OC(=O)[C@@H](N)CCCCN2C(=O)C=CC2=O)C(C)(C)C)c1. The number of hydrogen-bond donors (Lipinski definition) is 7. The molecular formula is C50H77N9O16. The second kappa shape index (κ2) is 34.6. The van der Waals surface area contributed by atoms with E-state index in [4.69, 9.17) is 15.2 Å². The van der Waals surface area contributed by atoms with Crippen molar-refractivity contribution >= 4 is 65.1 Å². The zero-order valence-electron chi connectivity index (χ0n) is 43.7. The van der Waals surface area contributed by atoms with Crippen LogP contribution in [0.3, 0.4) is 0 Å². The third-order valence-electron chi connectivity index (χ3n) is 11.5. The maximum absolute atomic E-state index is 13.6. The number of carbonyl (C=O) groups is 11. The van der Waals surface area contributed by atoms with Crippen LogP contribution >= 0.6 is 0 Å². The summed E-state index contributed by atoms with van der Waals surface area (Å²) < 4.78 is 10.6. The van der Waals surface area contributed by atoms with Gasteiger partial charge < -0.3 is 36.1 Å². The van der Waals surface area contributed by atoms with Crippen molar-refractivity contribution in [3.63, 3.8) is 0 Å².